The molecule has 1 aliphatic heterocycles. The molecule has 1 saturated heterocycles. The van der Waals surface area contributed by atoms with Crippen LogP contribution in [0.2, 0.25) is 0 Å². The molecule has 0 spiro atoms. The van der Waals surface area contributed by atoms with Crippen LogP contribution in [0.15, 0.2) is 24.3 Å². The molecule has 4 heteroatoms. The number of para-hydroxylation sites is 2. The Morgan fingerprint density at radius 3 is 2.70 bits per heavy atom. The Hall–Kier alpha value is -1.26. The monoisotopic (exact) mass is 278 g/mol. The predicted octanol–water partition coefficient (Wildman–Crippen LogP) is 2.13. The van der Waals surface area contributed by atoms with Crippen LogP contribution < -0.4 is 10.5 Å². The van der Waals surface area contributed by atoms with Crippen molar-refractivity contribution in [1.82, 2.24) is 4.90 Å². The fourth-order valence-corrected chi connectivity index (χ4v) is 2.73. The first-order valence-electron chi connectivity index (χ1n) is 7.56. The van der Waals surface area contributed by atoms with Crippen LogP contribution in [0.25, 0.3) is 0 Å². The molecule has 1 aromatic rings. The van der Waals surface area contributed by atoms with E-state index in [1.54, 1.807) is 6.07 Å². The molecular formula is C16H26N2O2. The molecule has 2 rings (SSSR count). The molecule has 1 aliphatic rings. The van der Waals surface area contributed by atoms with E-state index in [9.17, 15) is 5.11 Å². The summed E-state index contributed by atoms with van der Waals surface area (Å²) in [7, 11) is 0. The van der Waals surface area contributed by atoms with E-state index in [0.29, 0.717) is 24.6 Å². The van der Waals surface area contributed by atoms with Crippen molar-refractivity contribution in [2.45, 2.75) is 32.3 Å². The molecule has 0 aliphatic carbocycles. The SMILES string of the molecule is CCC1CCN(CC(O)COc2ccccc2N)CC1. The van der Waals surface area contributed by atoms with Gasteiger partial charge in [-0.2, -0.15) is 0 Å². The molecule has 0 radical (unpaired) electrons. The highest BCUT2D eigenvalue weighted by atomic mass is 16.5. The summed E-state index contributed by atoms with van der Waals surface area (Å²) in [5.74, 6) is 1.51. The second-order valence-electron chi connectivity index (χ2n) is 5.65. The number of β-amino-alcohol motifs (C(OH)–C–C–N with tert-alkyl or cyclic N) is 1. The number of hydrogen-bond donors (Lipinski definition) is 2. The summed E-state index contributed by atoms with van der Waals surface area (Å²) in [5.41, 5.74) is 6.42. The highest BCUT2D eigenvalue weighted by molar-refractivity contribution is 5.51. The first kappa shape index (κ1) is 15.1. The topological polar surface area (TPSA) is 58.7 Å². The zero-order chi connectivity index (χ0) is 14.4. The lowest BCUT2D eigenvalue weighted by atomic mass is 9.94. The van der Waals surface area contributed by atoms with Crippen molar-refractivity contribution >= 4 is 5.69 Å². The van der Waals surface area contributed by atoms with Crippen molar-refractivity contribution in [2.75, 3.05) is 32.0 Å². The zero-order valence-electron chi connectivity index (χ0n) is 12.3. The third kappa shape index (κ3) is 4.39. The Morgan fingerprint density at radius 1 is 1.35 bits per heavy atom. The van der Waals surface area contributed by atoms with Gasteiger partial charge in [0.2, 0.25) is 0 Å². The van der Waals surface area contributed by atoms with Gasteiger partial charge < -0.3 is 20.5 Å². The van der Waals surface area contributed by atoms with Gasteiger partial charge in [0.1, 0.15) is 18.5 Å². The summed E-state index contributed by atoms with van der Waals surface area (Å²) in [6.07, 6.45) is 3.30. The number of nitrogens with zero attached hydrogens (tertiary/aromatic N) is 1. The highest BCUT2D eigenvalue weighted by Gasteiger charge is 2.20. The average Bonchev–Trinajstić information content (AvgIpc) is 2.47. The lowest BCUT2D eigenvalue weighted by Crippen LogP contribution is -2.40. The van der Waals surface area contributed by atoms with Gasteiger partial charge in [0, 0.05) is 6.54 Å². The number of benzene rings is 1. The fraction of sp³-hybridized carbons (Fsp3) is 0.625. The van der Waals surface area contributed by atoms with Crippen LogP contribution >= 0.6 is 0 Å². The largest absolute Gasteiger partial charge is 0.489 e. The number of aliphatic hydroxyl groups excluding tert-OH is 1. The third-order valence-corrected chi connectivity index (χ3v) is 4.10. The van der Waals surface area contributed by atoms with Gasteiger partial charge in [-0.25, -0.2) is 0 Å². The standard InChI is InChI=1S/C16H26N2O2/c1-2-13-7-9-18(10-8-13)11-14(19)12-20-16-6-4-3-5-15(16)17/h3-6,13-14,19H,2,7-12,17H2,1H3. The number of anilines is 1. The van der Waals surface area contributed by atoms with Crippen LogP contribution in [0.4, 0.5) is 5.69 Å². The quantitative estimate of drug-likeness (QED) is 0.783. The molecule has 0 aromatic heterocycles. The van der Waals surface area contributed by atoms with Gasteiger partial charge in [0.05, 0.1) is 5.69 Å². The van der Waals surface area contributed by atoms with E-state index in [0.717, 1.165) is 19.0 Å². The predicted molar refractivity (Wildman–Crippen MR) is 81.8 cm³/mol. The number of rotatable bonds is 6. The Kier molecular flexibility index (Phi) is 5.68. The minimum absolute atomic E-state index is 0.294. The molecule has 1 fully saturated rings. The highest BCUT2D eigenvalue weighted by Crippen LogP contribution is 2.21. The molecule has 0 bridgehead atoms. The van der Waals surface area contributed by atoms with E-state index in [2.05, 4.69) is 11.8 Å². The Labute approximate surface area is 121 Å². The van der Waals surface area contributed by atoms with E-state index >= 15 is 0 Å². The number of hydrogen-bond acceptors (Lipinski definition) is 4. The van der Waals surface area contributed by atoms with Crippen LogP contribution in [-0.4, -0.2) is 42.4 Å². The van der Waals surface area contributed by atoms with Crippen molar-refractivity contribution < 1.29 is 9.84 Å². The number of aliphatic hydroxyl groups is 1. The first-order valence-corrected chi connectivity index (χ1v) is 7.56. The van der Waals surface area contributed by atoms with Gasteiger partial charge >= 0.3 is 0 Å². The lowest BCUT2D eigenvalue weighted by Gasteiger charge is -2.32. The van der Waals surface area contributed by atoms with Crippen LogP contribution in [0.1, 0.15) is 26.2 Å². The van der Waals surface area contributed by atoms with E-state index in [-0.39, 0.29) is 0 Å². The van der Waals surface area contributed by atoms with Crippen LogP contribution in [0, 0.1) is 5.92 Å². The first-order chi connectivity index (χ1) is 9.69. The van der Waals surface area contributed by atoms with Gasteiger partial charge in [0.15, 0.2) is 0 Å². The minimum atomic E-state index is -0.465. The van der Waals surface area contributed by atoms with Crippen LogP contribution in [0.5, 0.6) is 5.75 Å². The molecule has 1 unspecified atom stereocenters. The summed E-state index contributed by atoms with van der Waals surface area (Å²) < 4.78 is 5.58. The number of likely N-dealkylation sites (tertiary alicyclic amines) is 1. The lowest BCUT2D eigenvalue weighted by molar-refractivity contribution is 0.0550. The van der Waals surface area contributed by atoms with Gasteiger partial charge in [0.25, 0.3) is 0 Å². The molecule has 4 nitrogen and oxygen atoms in total. The van der Waals surface area contributed by atoms with E-state index < -0.39 is 6.10 Å². The summed E-state index contributed by atoms with van der Waals surface area (Å²) in [6.45, 7) is 5.41. The smallest absolute Gasteiger partial charge is 0.142 e. The zero-order valence-corrected chi connectivity index (χ0v) is 12.3. The van der Waals surface area contributed by atoms with Gasteiger partial charge in [-0.3, -0.25) is 0 Å². The van der Waals surface area contributed by atoms with E-state index in [1.807, 2.05) is 18.2 Å². The maximum atomic E-state index is 10.1. The van der Waals surface area contributed by atoms with Crippen molar-refractivity contribution in [3.8, 4) is 5.75 Å². The summed E-state index contributed by atoms with van der Waals surface area (Å²) >= 11 is 0. The van der Waals surface area contributed by atoms with Crippen molar-refractivity contribution in [1.29, 1.82) is 0 Å². The van der Waals surface area contributed by atoms with E-state index in [4.69, 9.17) is 10.5 Å². The van der Waals surface area contributed by atoms with Crippen molar-refractivity contribution in [3.63, 3.8) is 0 Å². The molecule has 1 heterocycles. The second kappa shape index (κ2) is 7.50. The van der Waals surface area contributed by atoms with Crippen molar-refractivity contribution in [3.05, 3.63) is 24.3 Å². The molecule has 0 amide bonds. The van der Waals surface area contributed by atoms with Gasteiger partial charge in [-0.05, 0) is 44.0 Å². The Bertz CT molecular complexity index is 403. The van der Waals surface area contributed by atoms with Crippen molar-refractivity contribution in [2.24, 2.45) is 5.92 Å². The van der Waals surface area contributed by atoms with Gasteiger partial charge in [-0.15, -0.1) is 0 Å². The fourth-order valence-electron chi connectivity index (χ4n) is 2.73. The average molecular weight is 278 g/mol. The van der Waals surface area contributed by atoms with Crippen LogP contribution in [-0.2, 0) is 0 Å². The van der Waals surface area contributed by atoms with E-state index in [1.165, 1.54) is 19.3 Å². The summed E-state index contributed by atoms with van der Waals surface area (Å²) in [5, 5.41) is 10.1. The molecular weight excluding hydrogens is 252 g/mol. The normalized spacial score (nSPS) is 18.9. The molecule has 0 saturated carbocycles. The Balaban J connectivity index is 1.71. The molecule has 3 N–H and O–H groups in total. The Morgan fingerprint density at radius 2 is 2.05 bits per heavy atom. The minimum Gasteiger partial charge on any atom is -0.489 e. The number of nitrogen functional groups attached to an aromatic ring is 1. The maximum absolute atomic E-state index is 10.1. The van der Waals surface area contributed by atoms with Gasteiger partial charge in [-0.1, -0.05) is 25.5 Å². The maximum Gasteiger partial charge on any atom is 0.142 e. The second-order valence-corrected chi connectivity index (χ2v) is 5.65. The summed E-state index contributed by atoms with van der Waals surface area (Å²) in [4.78, 5) is 2.33. The molecule has 1 aromatic carbocycles. The van der Waals surface area contributed by atoms with Crippen LogP contribution in [0.3, 0.4) is 0 Å². The number of piperidine rings is 1. The number of nitrogens with two attached hydrogens (primary N) is 1. The number of ether oxygens (including phenoxy) is 1. The molecule has 112 valence electrons. The molecule has 1 atom stereocenters. The molecule has 20 heavy (non-hydrogen) atoms. The third-order valence-electron chi connectivity index (χ3n) is 4.10. The summed E-state index contributed by atoms with van der Waals surface area (Å²) in [6, 6.07) is 7.39.